The molecule has 4 nitrogen and oxygen atoms in total. The van der Waals surface area contributed by atoms with E-state index in [0.29, 0.717) is 12.0 Å². The molecule has 1 atom stereocenters. The average Bonchev–Trinajstić information content (AvgIpc) is 2.18. The van der Waals surface area contributed by atoms with E-state index in [0.717, 1.165) is 0 Å². The monoisotopic (exact) mass is 193 g/mol. The van der Waals surface area contributed by atoms with E-state index in [2.05, 4.69) is 6.58 Å². The van der Waals surface area contributed by atoms with Gasteiger partial charge in [0.1, 0.15) is 0 Å². The van der Waals surface area contributed by atoms with Crippen molar-refractivity contribution in [3.63, 3.8) is 0 Å². The maximum atomic E-state index is 10.4. The van der Waals surface area contributed by atoms with Gasteiger partial charge in [-0.05, 0) is 12.0 Å². The summed E-state index contributed by atoms with van der Waals surface area (Å²) in [6, 6.07) is 5.97. The van der Waals surface area contributed by atoms with Crippen LogP contribution in [0.1, 0.15) is 18.1 Å². The fourth-order valence-corrected chi connectivity index (χ4v) is 1.14. The maximum Gasteiger partial charge on any atom is 0.269 e. The molecule has 0 aliphatic carbocycles. The lowest BCUT2D eigenvalue weighted by atomic mass is 10.1. The number of nitrogens with zero attached hydrogens (tertiary/aromatic N) is 1. The van der Waals surface area contributed by atoms with Crippen molar-refractivity contribution in [3.05, 3.63) is 52.6 Å². The van der Waals surface area contributed by atoms with Crippen molar-refractivity contribution in [2.45, 2.75) is 12.5 Å². The van der Waals surface area contributed by atoms with Gasteiger partial charge < -0.3 is 5.11 Å². The number of nitro benzene ring substituents is 1. The number of hydrogen-bond donors (Lipinski definition) is 1. The van der Waals surface area contributed by atoms with Crippen LogP contribution in [-0.2, 0) is 0 Å². The third-order valence-corrected chi connectivity index (χ3v) is 1.86. The normalized spacial score (nSPS) is 12.1. The highest BCUT2D eigenvalue weighted by Crippen LogP contribution is 2.21. The van der Waals surface area contributed by atoms with Crippen molar-refractivity contribution in [2.24, 2.45) is 0 Å². The Morgan fingerprint density at radius 1 is 1.64 bits per heavy atom. The van der Waals surface area contributed by atoms with Gasteiger partial charge in [0.2, 0.25) is 0 Å². The van der Waals surface area contributed by atoms with Crippen LogP contribution in [0.2, 0.25) is 0 Å². The zero-order valence-corrected chi connectivity index (χ0v) is 7.59. The van der Waals surface area contributed by atoms with Crippen LogP contribution in [0, 0.1) is 10.1 Å². The van der Waals surface area contributed by atoms with Gasteiger partial charge >= 0.3 is 0 Å². The zero-order chi connectivity index (χ0) is 10.6. The van der Waals surface area contributed by atoms with Crippen LogP contribution in [-0.4, -0.2) is 10.0 Å². The molecule has 0 bridgehead atoms. The summed E-state index contributed by atoms with van der Waals surface area (Å²) in [5.74, 6) is 0. The molecule has 0 unspecified atom stereocenters. The highest BCUT2D eigenvalue weighted by atomic mass is 16.6. The molecule has 0 spiro atoms. The largest absolute Gasteiger partial charge is 0.388 e. The first-order valence-corrected chi connectivity index (χ1v) is 4.18. The van der Waals surface area contributed by atoms with E-state index in [1.807, 2.05) is 0 Å². The number of non-ortho nitro benzene ring substituents is 1. The molecule has 1 rings (SSSR count). The van der Waals surface area contributed by atoms with Gasteiger partial charge in [-0.25, -0.2) is 0 Å². The van der Waals surface area contributed by atoms with E-state index in [1.54, 1.807) is 18.2 Å². The Hall–Kier alpha value is -1.68. The first-order chi connectivity index (χ1) is 6.65. The minimum Gasteiger partial charge on any atom is -0.388 e. The van der Waals surface area contributed by atoms with E-state index in [-0.39, 0.29) is 5.69 Å². The topological polar surface area (TPSA) is 63.4 Å². The Morgan fingerprint density at radius 3 is 2.93 bits per heavy atom. The lowest BCUT2D eigenvalue weighted by molar-refractivity contribution is -0.385. The van der Waals surface area contributed by atoms with Gasteiger partial charge in [-0.1, -0.05) is 18.2 Å². The predicted molar refractivity (Wildman–Crippen MR) is 52.9 cm³/mol. The molecule has 0 amide bonds. The molecule has 1 aromatic rings. The van der Waals surface area contributed by atoms with Crippen molar-refractivity contribution < 1.29 is 10.0 Å². The summed E-state index contributed by atoms with van der Waals surface area (Å²) >= 11 is 0. The molecule has 0 fully saturated rings. The highest BCUT2D eigenvalue weighted by Gasteiger charge is 2.10. The Balaban J connectivity index is 2.93. The molecule has 0 aromatic heterocycles. The van der Waals surface area contributed by atoms with Crippen molar-refractivity contribution in [1.82, 2.24) is 0 Å². The van der Waals surface area contributed by atoms with Gasteiger partial charge in [0, 0.05) is 12.1 Å². The molecule has 0 radical (unpaired) electrons. The summed E-state index contributed by atoms with van der Waals surface area (Å²) in [6.45, 7) is 3.49. The highest BCUT2D eigenvalue weighted by molar-refractivity contribution is 5.35. The van der Waals surface area contributed by atoms with E-state index >= 15 is 0 Å². The van der Waals surface area contributed by atoms with Crippen LogP contribution in [0.3, 0.4) is 0 Å². The van der Waals surface area contributed by atoms with Gasteiger partial charge in [0.25, 0.3) is 5.69 Å². The van der Waals surface area contributed by atoms with Crippen molar-refractivity contribution in [2.75, 3.05) is 0 Å². The van der Waals surface area contributed by atoms with E-state index in [4.69, 9.17) is 0 Å². The third-order valence-electron chi connectivity index (χ3n) is 1.86. The zero-order valence-electron chi connectivity index (χ0n) is 7.59. The number of rotatable bonds is 4. The van der Waals surface area contributed by atoms with Crippen molar-refractivity contribution in [3.8, 4) is 0 Å². The summed E-state index contributed by atoms with van der Waals surface area (Å²) in [6.07, 6.45) is 1.25. The van der Waals surface area contributed by atoms with Gasteiger partial charge in [-0.2, -0.15) is 0 Å². The van der Waals surface area contributed by atoms with Crippen LogP contribution in [0.4, 0.5) is 5.69 Å². The van der Waals surface area contributed by atoms with Crippen LogP contribution in [0.15, 0.2) is 36.9 Å². The minimum atomic E-state index is -0.715. The molecular formula is C10H11NO3. The van der Waals surface area contributed by atoms with Crippen LogP contribution in [0.5, 0.6) is 0 Å². The Labute approximate surface area is 81.6 Å². The van der Waals surface area contributed by atoms with E-state index in [9.17, 15) is 15.2 Å². The fraction of sp³-hybridized carbons (Fsp3) is 0.200. The lowest BCUT2D eigenvalue weighted by Crippen LogP contribution is -1.97. The molecule has 0 saturated heterocycles. The molecule has 0 saturated carbocycles. The maximum absolute atomic E-state index is 10.4. The summed E-state index contributed by atoms with van der Waals surface area (Å²) in [7, 11) is 0. The number of benzene rings is 1. The summed E-state index contributed by atoms with van der Waals surface area (Å²) in [5.41, 5.74) is 0.532. The molecule has 4 heteroatoms. The summed E-state index contributed by atoms with van der Waals surface area (Å²) in [4.78, 5) is 9.96. The van der Waals surface area contributed by atoms with E-state index < -0.39 is 11.0 Å². The molecule has 0 heterocycles. The number of aliphatic hydroxyl groups is 1. The number of aliphatic hydroxyl groups excluding tert-OH is 1. The predicted octanol–water partition coefficient (Wildman–Crippen LogP) is 2.20. The molecule has 1 N–H and O–H groups in total. The van der Waals surface area contributed by atoms with Crippen LogP contribution < -0.4 is 0 Å². The van der Waals surface area contributed by atoms with Gasteiger partial charge in [-0.15, -0.1) is 6.58 Å². The van der Waals surface area contributed by atoms with Crippen LogP contribution >= 0.6 is 0 Å². The number of hydrogen-bond acceptors (Lipinski definition) is 3. The van der Waals surface area contributed by atoms with Gasteiger partial charge in [0.15, 0.2) is 0 Å². The first-order valence-electron chi connectivity index (χ1n) is 4.18. The van der Waals surface area contributed by atoms with Crippen molar-refractivity contribution in [1.29, 1.82) is 0 Å². The third kappa shape index (κ3) is 2.40. The summed E-state index contributed by atoms with van der Waals surface area (Å²) in [5, 5.41) is 20.0. The Morgan fingerprint density at radius 2 is 2.36 bits per heavy atom. The average molecular weight is 193 g/mol. The molecule has 0 aliphatic rings. The van der Waals surface area contributed by atoms with Crippen LogP contribution in [0.25, 0.3) is 0 Å². The Bertz CT molecular complexity index is 349. The molecule has 74 valence electrons. The fourth-order valence-electron chi connectivity index (χ4n) is 1.14. The summed E-state index contributed by atoms with van der Waals surface area (Å²) < 4.78 is 0. The molecule has 14 heavy (non-hydrogen) atoms. The SMILES string of the molecule is C=CC[C@H](O)c1cccc([N+](=O)[O-])c1. The molecule has 0 aliphatic heterocycles. The lowest BCUT2D eigenvalue weighted by Gasteiger charge is -2.07. The standard InChI is InChI=1S/C10H11NO3/c1-2-4-10(12)8-5-3-6-9(7-8)11(13)14/h2-3,5-7,10,12H,1,4H2/t10-/m0/s1. The Kier molecular flexibility index (Phi) is 3.36. The molecule has 1 aromatic carbocycles. The number of nitro groups is 1. The second-order valence-corrected chi connectivity index (χ2v) is 2.89. The van der Waals surface area contributed by atoms with Crippen molar-refractivity contribution >= 4 is 5.69 Å². The van der Waals surface area contributed by atoms with Gasteiger partial charge in [0.05, 0.1) is 11.0 Å². The first kappa shape index (κ1) is 10.4. The molecular weight excluding hydrogens is 182 g/mol. The minimum absolute atomic E-state index is 0.00869. The van der Waals surface area contributed by atoms with Gasteiger partial charge in [-0.3, -0.25) is 10.1 Å². The second-order valence-electron chi connectivity index (χ2n) is 2.89. The smallest absolute Gasteiger partial charge is 0.269 e. The van der Waals surface area contributed by atoms with E-state index in [1.165, 1.54) is 12.1 Å². The second kappa shape index (κ2) is 4.53. The quantitative estimate of drug-likeness (QED) is 0.453.